The van der Waals surface area contributed by atoms with E-state index in [1.54, 1.807) is 4.68 Å². The minimum atomic E-state index is -3.35. The van der Waals surface area contributed by atoms with Crippen LogP contribution in [0.4, 0.5) is 0 Å². The third-order valence-electron chi connectivity index (χ3n) is 3.27. The molecule has 0 aliphatic carbocycles. The fourth-order valence-corrected chi connectivity index (χ4v) is 2.09. The Morgan fingerprint density at radius 1 is 1.44 bits per heavy atom. The summed E-state index contributed by atoms with van der Waals surface area (Å²) in [5.74, 6) is 0.592. The van der Waals surface area contributed by atoms with E-state index in [9.17, 15) is 13.5 Å². The van der Waals surface area contributed by atoms with Crippen LogP contribution in [0.1, 0.15) is 39.6 Å². The highest BCUT2D eigenvalue weighted by Gasteiger charge is 2.38. The van der Waals surface area contributed by atoms with E-state index in [4.69, 9.17) is 0 Å². The van der Waals surface area contributed by atoms with E-state index < -0.39 is 20.7 Å². The van der Waals surface area contributed by atoms with Crippen LogP contribution in [0.2, 0.25) is 0 Å². The Hall–Kier alpha value is -0.950. The van der Waals surface area contributed by atoms with Gasteiger partial charge in [0.15, 0.2) is 9.84 Å². The van der Waals surface area contributed by atoms with Crippen molar-refractivity contribution in [3.05, 3.63) is 12.2 Å². The van der Waals surface area contributed by atoms with E-state index in [1.807, 2.05) is 13.8 Å². The van der Waals surface area contributed by atoms with Crippen LogP contribution in [0, 0.1) is 0 Å². The van der Waals surface area contributed by atoms with Crippen molar-refractivity contribution in [3.8, 4) is 0 Å². The highest BCUT2D eigenvalue weighted by molar-refractivity contribution is 7.92. The molecule has 7 heteroatoms. The number of hydrogen-bond donors (Lipinski definition) is 1. The normalized spacial score (nSPS) is 15.1. The third kappa shape index (κ3) is 2.89. The van der Waals surface area contributed by atoms with Crippen molar-refractivity contribution in [2.45, 2.75) is 51.0 Å². The van der Waals surface area contributed by atoms with Gasteiger partial charge in [-0.05, 0) is 27.7 Å². The van der Waals surface area contributed by atoms with Gasteiger partial charge in [0.25, 0.3) is 0 Å². The zero-order valence-corrected chi connectivity index (χ0v) is 12.3. The Kier molecular flexibility index (Phi) is 4.17. The molecule has 0 amide bonds. The maximum atomic E-state index is 11.6. The van der Waals surface area contributed by atoms with Crippen LogP contribution >= 0.6 is 0 Å². The van der Waals surface area contributed by atoms with Gasteiger partial charge in [0.1, 0.15) is 12.2 Å². The quantitative estimate of drug-likeness (QED) is 0.850. The Labute approximate surface area is 108 Å². The molecule has 0 aliphatic heterocycles. The molecular formula is C11H21N3O3S. The van der Waals surface area contributed by atoms with Crippen molar-refractivity contribution in [2.75, 3.05) is 6.26 Å². The largest absolute Gasteiger partial charge is 0.391 e. The number of hydrogen-bond acceptors (Lipinski definition) is 5. The second-order valence-corrected chi connectivity index (χ2v) is 7.91. The van der Waals surface area contributed by atoms with Crippen molar-refractivity contribution in [2.24, 2.45) is 0 Å². The Morgan fingerprint density at radius 2 is 2.00 bits per heavy atom. The van der Waals surface area contributed by atoms with E-state index in [-0.39, 0.29) is 12.5 Å². The van der Waals surface area contributed by atoms with Gasteiger partial charge in [0.2, 0.25) is 0 Å². The van der Waals surface area contributed by atoms with Gasteiger partial charge in [0.05, 0.1) is 10.9 Å². The number of nitrogens with zero attached hydrogens (tertiary/aromatic N) is 3. The Morgan fingerprint density at radius 3 is 2.44 bits per heavy atom. The van der Waals surface area contributed by atoms with Crippen LogP contribution in [-0.4, -0.2) is 45.4 Å². The van der Waals surface area contributed by atoms with Crippen LogP contribution in [-0.2, 0) is 16.3 Å². The monoisotopic (exact) mass is 275 g/mol. The Bertz CT molecular complexity index is 505. The molecule has 0 fully saturated rings. The summed E-state index contributed by atoms with van der Waals surface area (Å²) in [6.45, 7) is 6.94. The predicted molar refractivity (Wildman–Crippen MR) is 69.0 cm³/mol. The second-order valence-electron chi connectivity index (χ2n) is 5.31. The molecule has 0 saturated heterocycles. The molecule has 18 heavy (non-hydrogen) atoms. The summed E-state index contributed by atoms with van der Waals surface area (Å²) in [6, 6.07) is 0.121. The maximum absolute atomic E-state index is 11.6. The molecular weight excluding hydrogens is 254 g/mol. The van der Waals surface area contributed by atoms with E-state index in [2.05, 4.69) is 10.1 Å². The summed E-state index contributed by atoms with van der Waals surface area (Å²) in [7, 11) is -3.35. The zero-order valence-electron chi connectivity index (χ0n) is 11.5. The van der Waals surface area contributed by atoms with Crippen molar-refractivity contribution >= 4 is 9.84 Å². The van der Waals surface area contributed by atoms with Crippen LogP contribution in [0.5, 0.6) is 0 Å². The van der Waals surface area contributed by atoms with E-state index in [0.29, 0.717) is 5.82 Å². The second kappa shape index (κ2) is 4.97. The maximum Gasteiger partial charge on any atom is 0.155 e. The molecule has 1 N–H and O–H groups in total. The van der Waals surface area contributed by atoms with Gasteiger partial charge in [-0.2, -0.15) is 5.10 Å². The molecule has 0 spiro atoms. The van der Waals surface area contributed by atoms with Gasteiger partial charge in [-0.3, -0.25) is 0 Å². The SMILES string of the molecule is CC(C)n1ncnc1CC(O)C(C)(C)S(C)(=O)=O. The highest BCUT2D eigenvalue weighted by Crippen LogP contribution is 2.23. The summed E-state index contributed by atoms with van der Waals surface area (Å²) < 4.78 is 23.8. The molecule has 0 bridgehead atoms. The van der Waals surface area contributed by atoms with Crippen molar-refractivity contribution in [1.29, 1.82) is 0 Å². The molecule has 1 heterocycles. The summed E-state index contributed by atoms with van der Waals surface area (Å²) in [4.78, 5) is 4.07. The molecule has 0 saturated carbocycles. The minimum absolute atomic E-state index is 0.121. The van der Waals surface area contributed by atoms with Gasteiger partial charge >= 0.3 is 0 Å². The third-order valence-corrected chi connectivity index (χ3v) is 5.45. The van der Waals surface area contributed by atoms with E-state index in [0.717, 1.165) is 6.26 Å². The number of aromatic nitrogens is 3. The molecule has 1 unspecified atom stereocenters. The molecule has 0 aromatic carbocycles. The highest BCUT2D eigenvalue weighted by atomic mass is 32.2. The summed E-state index contributed by atoms with van der Waals surface area (Å²) in [5, 5.41) is 14.2. The summed E-state index contributed by atoms with van der Waals surface area (Å²) >= 11 is 0. The van der Waals surface area contributed by atoms with Gasteiger partial charge in [-0.1, -0.05) is 0 Å². The lowest BCUT2D eigenvalue weighted by molar-refractivity contribution is 0.134. The van der Waals surface area contributed by atoms with Crippen molar-refractivity contribution in [3.63, 3.8) is 0 Å². The van der Waals surface area contributed by atoms with E-state index in [1.165, 1.54) is 20.2 Å². The first-order valence-corrected chi connectivity index (χ1v) is 7.72. The van der Waals surface area contributed by atoms with Crippen LogP contribution in [0.3, 0.4) is 0 Å². The molecule has 6 nitrogen and oxygen atoms in total. The topological polar surface area (TPSA) is 85.1 Å². The van der Waals surface area contributed by atoms with Crippen LogP contribution in [0.25, 0.3) is 0 Å². The molecule has 0 radical (unpaired) electrons. The molecule has 1 aromatic rings. The average molecular weight is 275 g/mol. The van der Waals surface area contributed by atoms with Crippen LogP contribution in [0.15, 0.2) is 6.33 Å². The first kappa shape index (κ1) is 15.1. The molecule has 104 valence electrons. The first-order valence-electron chi connectivity index (χ1n) is 5.83. The predicted octanol–water partition coefficient (Wildman–Crippen LogP) is 0.586. The molecule has 0 aliphatic rings. The van der Waals surface area contributed by atoms with Gasteiger partial charge in [0, 0.05) is 18.7 Å². The van der Waals surface area contributed by atoms with Gasteiger partial charge in [-0.25, -0.2) is 18.1 Å². The fraction of sp³-hybridized carbons (Fsp3) is 0.818. The smallest absolute Gasteiger partial charge is 0.155 e. The summed E-state index contributed by atoms with van der Waals surface area (Å²) in [5.41, 5.74) is 0. The number of aliphatic hydroxyl groups is 1. The molecule has 1 atom stereocenters. The molecule has 1 rings (SSSR count). The van der Waals surface area contributed by atoms with Crippen LogP contribution < -0.4 is 0 Å². The average Bonchev–Trinajstić information content (AvgIpc) is 2.63. The Balaban J connectivity index is 2.95. The number of rotatable bonds is 5. The standard InChI is InChI=1S/C11H21N3O3S/c1-8(2)14-10(12-7-13-14)6-9(15)11(3,4)18(5,16)17/h7-9,15H,6H2,1-5H3. The fourth-order valence-electron chi connectivity index (χ4n) is 1.52. The number of aliphatic hydroxyl groups excluding tert-OH is 1. The first-order chi connectivity index (χ1) is 8.07. The van der Waals surface area contributed by atoms with E-state index >= 15 is 0 Å². The lowest BCUT2D eigenvalue weighted by atomic mass is 10.0. The summed E-state index contributed by atoms with van der Waals surface area (Å²) in [6.07, 6.45) is 1.69. The zero-order chi connectivity index (χ0) is 14.1. The van der Waals surface area contributed by atoms with Gasteiger partial charge < -0.3 is 5.11 Å². The number of sulfone groups is 1. The lowest BCUT2D eigenvalue weighted by Crippen LogP contribution is -2.45. The molecule has 1 aromatic heterocycles. The van der Waals surface area contributed by atoms with Crippen molar-refractivity contribution in [1.82, 2.24) is 14.8 Å². The van der Waals surface area contributed by atoms with Crippen molar-refractivity contribution < 1.29 is 13.5 Å². The van der Waals surface area contributed by atoms with Gasteiger partial charge in [-0.15, -0.1) is 0 Å². The minimum Gasteiger partial charge on any atom is -0.391 e. The lowest BCUT2D eigenvalue weighted by Gasteiger charge is -2.28.